The second-order valence-corrected chi connectivity index (χ2v) is 10.1. The van der Waals surface area contributed by atoms with Crippen molar-refractivity contribution in [1.82, 2.24) is 5.01 Å². The first-order valence-corrected chi connectivity index (χ1v) is 11.0. The molecule has 5 rings (SSSR count). The van der Waals surface area contributed by atoms with Gasteiger partial charge in [0, 0.05) is 5.41 Å². The predicted octanol–water partition coefficient (Wildman–Crippen LogP) is 3.80. The van der Waals surface area contributed by atoms with Crippen molar-refractivity contribution in [3.05, 3.63) is 64.7 Å². The number of hydrogen-bond acceptors (Lipinski definition) is 5. The summed E-state index contributed by atoms with van der Waals surface area (Å²) in [7, 11) is 0. The minimum Gasteiger partial charge on any atom is -0.297 e. The van der Waals surface area contributed by atoms with E-state index in [1.54, 1.807) is 11.2 Å². The lowest BCUT2D eigenvalue weighted by molar-refractivity contribution is -0.136. The average molecular weight is 430 g/mol. The fraction of sp³-hybridized carbons (Fsp3) is 0.385. The summed E-state index contributed by atoms with van der Waals surface area (Å²) in [5.41, 5.74) is 3.71. The Kier molecular flexibility index (Phi) is 4.42. The Bertz CT molecular complexity index is 1190. The van der Waals surface area contributed by atoms with Gasteiger partial charge < -0.3 is 0 Å². The van der Waals surface area contributed by atoms with Crippen LogP contribution in [0.2, 0.25) is 0 Å². The largest absolute Gasteiger partial charge is 0.297 e. The van der Waals surface area contributed by atoms with E-state index in [4.69, 9.17) is 0 Å². The first-order valence-electron chi connectivity index (χ1n) is 11.0. The van der Waals surface area contributed by atoms with Crippen LogP contribution in [0.25, 0.3) is 0 Å². The molecule has 2 saturated heterocycles. The van der Waals surface area contributed by atoms with Gasteiger partial charge in [-0.2, -0.15) is 5.10 Å². The van der Waals surface area contributed by atoms with E-state index in [0.717, 1.165) is 22.3 Å². The molecular weight excluding hydrogens is 402 g/mol. The number of fused-ring (bicyclic) bond motifs is 5. The number of ketones is 1. The van der Waals surface area contributed by atoms with Crippen molar-refractivity contribution in [1.29, 1.82) is 0 Å². The normalized spacial score (nSPS) is 26.3. The van der Waals surface area contributed by atoms with Crippen LogP contribution < -0.4 is 4.90 Å². The molecule has 2 amide bonds. The van der Waals surface area contributed by atoms with E-state index in [1.165, 1.54) is 4.90 Å². The van der Waals surface area contributed by atoms with Gasteiger partial charge in [0.1, 0.15) is 6.04 Å². The lowest BCUT2D eigenvalue weighted by atomic mass is 9.79. The number of amides is 2. The predicted molar refractivity (Wildman–Crippen MR) is 122 cm³/mol. The molecule has 32 heavy (non-hydrogen) atoms. The second kappa shape index (κ2) is 6.86. The molecular formula is C26H27N3O3. The van der Waals surface area contributed by atoms with Crippen LogP contribution in [0.15, 0.2) is 47.6 Å². The lowest BCUT2D eigenvalue weighted by Gasteiger charge is -2.35. The van der Waals surface area contributed by atoms with Gasteiger partial charge in [0.25, 0.3) is 0 Å². The first kappa shape index (κ1) is 20.6. The van der Waals surface area contributed by atoms with Crippen molar-refractivity contribution in [2.75, 3.05) is 4.90 Å². The summed E-state index contributed by atoms with van der Waals surface area (Å²) in [6.45, 7) is 9.43. The Balaban J connectivity index is 1.68. The van der Waals surface area contributed by atoms with Crippen LogP contribution in [0.4, 0.5) is 5.69 Å². The van der Waals surface area contributed by atoms with E-state index in [9.17, 15) is 14.4 Å². The third-order valence-corrected chi connectivity index (χ3v) is 6.89. The highest BCUT2D eigenvalue weighted by atomic mass is 16.2. The van der Waals surface area contributed by atoms with Gasteiger partial charge in [0.2, 0.25) is 11.8 Å². The monoisotopic (exact) mass is 429 g/mol. The average Bonchev–Trinajstić information content (AvgIpc) is 3.20. The van der Waals surface area contributed by atoms with Crippen molar-refractivity contribution in [2.24, 2.45) is 22.4 Å². The van der Waals surface area contributed by atoms with E-state index in [2.05, 4.69) is 5.10 Å². The Morgan fingerprint density at radius 2 is 1.66 bits per heavy atom. The number of Topliss-reactive ketones (excluding diaryl/α,β-unsaturated/α-hetero) is 1. The van der Waals surface area contributed by atoms with Gasteiger partial charge in [-0.15, -0.1) is 0 Å². The van der Waals surface area contributed by atoms with Crippen molar-refractivity contribution < 1.29 is 14.4 Å². The lowest BCUT2D eigenvalue weighted by Crippen LogP contribution is -2.48. The first-order chi connectivity index (χ1) is 15.1. The molecule has 4 atom stereocenters. The van der Waals surface area contributed by atoms with Gasteiger partial charge in [-0.1, -0.05) is 62.7 Å². The molecule has 0 N–H and O–H groups in total. The van der Waals surface area contributed by atoms with Crippen molar-refractivity contribution in [3.8, 4) is 0 Å². The summed E-state index contributed by atoms with van der Waals surface area (Å²) >= 11 is 0. The fourth-order valence-electron chi connectivity index (χ4n) is 5.41. The molecule has 3 aliphatic heterocycles. The van der Waals surface area contributed by atoms with Gasteiger partial charge in [-0.3, -0.25) is 19.4 Å². The number of rotatable bonds is 2. The number of hydrogen-bond donors (Lipinski definition) is 0. The summed E-state index contributed by atoms with van der Waals surface area (Å²) in [5, 5.41) is 6.31. The molecule has 0 radical (unpaired) electrons. The Morgan fingerprint density at radius 3 is 2.34 bits per heavy atom. The molecule has 0 saturated carbocycles. The molecule has 0 bridgehead atoms. The quantitative estimate of drug-likeness (QED) is 0.681. The molecule has 6 heteroatoms. The molecule has 2 aromatic rings. The van der Waals surface area contributed by atoms with Gasteiger partial charge >= 0.3 is 0 Å². The van der Waals surface area contributed by atoms with Crippen LogP contribution in [0.3, 0.4) is 0 Å². The van der Waals surface area contributed by atoms with Crippen molar-refractivity contribution in [2.45, 2.75) is 46.7 Å². The smallest absolute Gasteiger partial charge is 0.240 e. The number of carbonyl (C=O) groups is 3. The molecule has 0 aliphatic carbocycles. The SMILES string of the molecule is Cc1ccc(N2C(=O)C3C(C2=O)C2c4ccccc4C=NN2C3C(=O)C(C)(C)C)c(C)c1. The molecule has 4 unspecified atom stereocenters. The Morgan fingerprint density at radius 1 is 0.969 bits per heavy atom. The topological polar surface area (TPSA) is 70.1 Å². The summed E-state index contributed by atoms with van der Waals surface area (Å²) in [6.07, 6.45) is 1.73. The minimum atomic E-state index is -0.776. The van der Waals surface area contributed by atoms with Gasteiger partial charge in [-0.05, 0) is 36.6 Å². The van der Waals surface area contributed by atoms with Crippen LogP contribution >= 0.6 is 0 Å². The zero-order valence-electron chi connectivity index (χ0n) is 19.0. The third-order valence-electron chi connectivity index (χ3n) is 6.89. The summed E-state index contributed by atoms with van der Waals surface area (Å²) < 4.78 is 0. The number of hydrazone groups is 1. The number of carbonyl (C=O) groups excluding carboxylic acids is 3. The minimum absolute atomic E-state index is 0.0739. The molecule has 0 spiro atoms. The number of aryl methyl sites for hydroxylation is 2. The number of anilines is 1. The summed E-state index contributed by atoms with van der Waals surface area (Å²) in [5.74, 6) is -2.05. The van der Waals surface area contributed by atoms with E-state index < -0.39 is 29.3 Å². The van der Waals surface area contributed by atoms with Crippen LogP contribution in [-0.4, -0.2) is 34.9 Å². The molecule has 2 aromatic carbocycles. The van der Waals surface area contributed by atoms with Crippen molar-refractivity contribution >= 4 is 29.5 Å². The number of benzene rings is 2. The van der Waals surface area contributed by atoms with Crippen LogP contribution in [0, 0.1) is 31.1 Å². The molecule has 2 fully saturated rings. The van der Waals surface area contributed by atoms with Crippen LogP contribution in [0.1, 0.15) is 49.1 Å². The van der Waals surface area contributed by atoms with E-state index in [-0.39, 0.29) is 17.6 Å². The third kappa shape index (κ3) is 2.78. The maximum atomic E-state index is 13.8. The van der Waals surface area contributed by atoms with Crippen LogP contribution in [0.5, 0.6) is 0 Å². The maximum Gasteiger partial charge on any atom is 0.240 e. The van der Waals surface area contributed by atoms with Gasteiger partial charge in [-0.25, -0.2) is 4.90 Å². The number of nitrogens with zero attached hydrogens (tertiary/aromatic N) is 3. The second-order valence-electron chi connectivity index (χ2n) is 10.1. The summed E-state index contributed by atoms with van der Waals surface area (Å²) in [6, 6.07) is 12.3. The molecule has 6 nitrogen and oxygen atoms in total. The fourth-order valence-corrected chi connectivity index (χ4v) is 5.41. The molecule has 3 aliphatic rings. The van der Waals surface area contributed by atoms with Gasteiger partial charge in [0.15, 0.2) is 5.78 Å². The Labute approximate surface area is 187 Å². The highest BCUT2D eigenvalue weighted by molar-refractivity contribution is 6.24. The zero-order valence-corrected chi connectivity index (χ0v) is 19.0. The standard InChI is InChI=1S/C26H27N3O3/c1-14-10-11-18(15(2)12-14)28-24(31)19-20(25(28)32)22(23(30)26(3,4)5)29-21(19)17-9-7-6-8-16(17)13-27-29/h6-13,19-22H,1-5H3. The Hall–Kier alpha value is -3.28. The zero-order chi connectivity index (χ0) is 22.9. The molecule has 3 heterocycles. The molecule has 164 valence electrons. The van der Waals surface area contributed by atoms with E-state index >= 15 is 0 Å². The maximum absolute atomic E-state index is 13.8. The summed E-state index contributed by atoms with van der Waals surface area (Å²) in [4.78, 5) is 42.5. The van der Waals surface area contributed by atoms with Gasteiger partial charge in [0.05, 0.1) is 29.8 Å². The van der Waals surface area contributed by atoms with E-state index in [1.807, 2.05) is 77.1 Å². The van der Waals surface area contributed by atoms with E-state index in [0.29, 0.717) is 5.69 Å². The highest BCUT2D eigenvalue weighted by Crippen LogP contribution is 2.53. The molecule has 0 aromatic heterocycles. The van der Waals surface area contributed by atoms with Crippen molar-refractivity contribution in [3.63, 3.8) is 0 Å². The van der Waals surface area contributed by atoms with Crippen LogP contribution in [-0.2, 0) is 14.4 Å². The highest BCUT2D eigenvalue weighted by Gasteiger charge is 2.66. The number of imide groups is 1.